The van der Waals surface area contributed by atoms with Gasteiger partial charge in [-0.1, -0.05) is 41.9 Å². The summed E-state index contributed by atoms with van der Waals surface area (Å²) in [7, 11) is 0. The van der Waals surface area contributed by atoms with E-state index in [-0.39, 0.29) is 5.91 Å². The minimum atomic E-state index is 0.0215. The van der Waals surface area contributed by atoms with E-state index in [9.17, 15) is 4.79 Å². The maximum Gasteiger partial charge on any atom is 0.224 e. The normalized spacial score (nSPS) is 11.3. The maximum atomic E-state index is 12.6. The molecule has 3 aromatic carbocycles. The number of hydrogen-bond acceptors (Lipinski definition) is 2. The van der Waals surface area contributed by atoms with Crippen LogP contribution in [0.15, 0.2) is 72.8 Å². The Balaban J connectivity index is 1.40. The number of carbonyl (C=O) groups is 1. The van der Waals surface area contributed by atoms with E-state index < -0.39 is 0 Å². The van der Waals surface area contributed by atoms with Crippen molar-refractivity contribution in [2.24, 2.45) is 0 Å². The molecule has 0 saturated carbocycles. The number of pyridine rings is 1. The van der Waals surface area contributed by atoms with Crippen molar-refractivity contribution >= 4 is 45.0 Å². The molecule has 0 spiro atoms. The Morgan fingerprint density at radius 3 is 2.59 bits per heavy atom. The van der Waals surface area contributed by atoms with Crippen LogP contribution < -0.4 is 5.32 Å². The van der Waals surface area contributed by atoms with Gasteiger partial charge in [0.05, 0.1) is 16.9 Å². The Bertz CT molecular complexity index is 1500. The van der Waals surface area contributed by atoms with Gasteiger partial charge in [-0.25, -0.2) is 4.98 Å². The van der Waals surface area contributed by atoms with Crippen molar-refractivity contribution in [2.75, 3.05) is 5.32 Å². The molecule has 0 saturated heterocycles. The quantitative estimate of drug-likeness (QED) is 0.270. The molecule has 5 rings (SSSR count). The fourth-order valence-corrected chi connectivity index (χ4v) is 4.77. The van der Waals surface area contributed by atoms with E-state index in [4.69, 9.17) is 16.6 Å². The van der Waals surface area contributed by atoms with Gasteiger partial charge < -0.3 is 10.3 Å². The molecule has 2 aromatic heterocycles. The third kappa shape index (κ3) is 4.68. The molecule has 4 nitrogen and oxygen atoms in total. The van der Waals surface area contributed by atoms with Crippen LogP contribution in [-0.2, 0) is 11.2 Å². The molecule has 0 unspecified atom stereocenters. The molecule has 0 aliphatic heterocycles. The van der Waals surface area contributed by atoms with Crippen LogP contribution in [0.4, 0.5) is 5.69 Å². The third-order valence-corrected chi connectivity index (χ3v) is 6.29. The molecular weight excluding hydrogens is 442 g/mol. The number of benzene rings is 3. The molecule has 170 valence electrons. The lowest BCUT2D eigenvalue weighted by molar-refractivity contribution is -0.116. The van der Waals surface area contributed by atoms with Crippen molar-refractivity contribution in [1.82, 2.24) is 9.97 Å². The highest BCUT2D eigenvalue weighted by Crippen LogP contribution is 2.33. The number of nitrogens with one attached hydrogen (secondary N) is 2. The van der Waals surface area contributed by atoms with Gasteiger partial charge in [0.1, 0.15) is 0 Å². The van der Waals surface area contributed by atoms with Crippen LogP contribution in [0.3, 0.4) is 0 Å². The number of hydrogen-bond donors (Lipinski definition) is 2. The first kappa shape index (κ1) is 22.2. The van der Waals surface area contributed by atoms with Crippen molar-refractivity contribution in [3.63, 3.8) is 0 Å². The lowest BCUT2D eigenvalue weighted by atomic mass is 10.0. The van der Waals surface area contributed by atoms with Crippen LogP contribution in [0.1, 0.15) is 29.5 Å². The number of H-pyrrole nitrogens is 1. The Hall–Kier alpha value is -3.63. The van der Waals surface area contributed by atoms with E-state index >= 15 is 0 Å². The number of amides is 1. The molecule has 2 N–H and O–H groups in total. The summed E-state index contributed by atoms with van der Waals surface area (Å²) in [6.07, 6.45) is 1.89. The Labute approximate surface area is 204 Å². The van der Waals surface area contributed by atoms with Gasteiger partial charge in [0.2, 0.25) is 5.91 Å². The predicted octanol–water partition coefficient (Wildman–Crippen LogP) is 7.61. The number of aromatic amines is 1. The highest BCUT2D eigenvalue weighted by atomic mass is 35.5. The average Bonchev–Trinajstić information content (AvgIpc) is 3.15. The van der Waals surface area contributed by atoms with E-state index in [1.54, 1.807) is 0 Å². The smallest absolute Gasteiger partial charge is 0.224 e. The standard InChI is InChI=1S/C29H26ClN3O/c1-18-14-19(2)16-22(15-18)31-28(34)9-5-7-23-24-17-21(30)11-13-26(24)33-29(23)27-12-10-20-6-3-4-8-25(20)32-27/h3-4,6,8,10-17,33H,5,7,9H2,1-2H3,(H,31,34). The van der Waals surface area contributed by atoms with Crippen LogP contribution in [0.5, 0.6) is 0 Å². The van der Waals surface area contributed by atoms with Crippen molar-refractivity contribution in [3.05, 3.63) is 94.5 Å². The predicted molar refractivity (Wildman–Crippen MR) is 142 cm³/mol. The number of aryl methyl sites for hydroxylation is 3. The van der Waals surface area contributed by atoms with E-state index in [2.05, 4.69) is 28.5 Å². The zero-order chi connectivity index (χ0) is 23.7. The summed E-state index contributed by atoms with van der Waals surface area (Å²) in [5.74, 6) is 0.0215. The highest BCUT2D eigenvalue weighted by Gasteiger charge is 2.16. The second kappa shape index (κ2) is 9.32. The second-order valence-electron chi connectivity index (χ2n) is 8.84. The molecule has 5 heteroatoms. The molecule has 1 amide bonds. The van der Waals surface area contributed by atoms with Crippen LogP contribution in [0, 0.1) is 13.8 Å². The van der Waals surface area contributed by atoms with Gasteiger partial charge in [-0.3, -0.25) is 4.79 Å². The topological polar surface area (TPSA) is 57.8 Å². The van der Waals surface area contributed by atoms with Gasteiger partial charge in [0.15, 0.2) is 0 Å². The molecule has 5 aromatic rings. The fraction of sp³-hybridized carbons (Fsp3) is 0.172. The highest BCUT2D eigenvalue weighted by molar-refractivity contribution is 6.31. The molecule has 2 heterocycles. The molecule has 0 aliphatic carbocycles. The van der Waals surface area contributed by atoms with Gasteiger partial charge in [0, 0.05) is 33.4 Å². The Morgan fingerprint density at radius 1 is 0.971 bits per heavy atom. The van der Waals surface area contributed by atoms with Crippen LogP contribution in [0.25, 0.3) is 33.2 Å². The minimum Gasteiger partial charge on any atom is -0.353 e. The number of fused-ring (bicyclic) bond motifs is 2. The van der Waals surface area contributed by atoms with Gasteiger partial charge in [-0.15, -0.1) is 0 Å². The fourth-order valence-electron chi connectivity index (χ4n) is 4.60. The summed E-state index contributed by atoms with van der Waals surface area (Å²) in [5, 5.41) is 5.91. The number of rotatable bonds is 6. The minimum absolute atomic E-state index is 0.0215. The lowest BCUT2D eigenvalue weighted by Crippen LogP contribution is -2.11. The van der Waals surface area contributed by atoms with E-state index in [0.717, 1.165) is 68.4 Å². The summed E-state index contributed by atoms with van der Waals surface area (Å²) in [4.78, 5) is 21.1. The monoisotopic (exact) mass is 467 g/mol. The van der Waals surface area contributed by atoms with Gasteiger partial charge >= 0.3 is 0 Å². The number of nitrogens with zero attached hydrogens (tertiary/aromatic N) is 1. The zero-order valence-corrected chi connectivity index (χ0v) is 20.0. The zero-order valence-electron chi connectivity index (χ0n) is 19.3. The van der Waals surface area contributed by atoms with Crippen LogP contribution in [0.2, 0.25) is 5.02 Å². The lowest BCUT2D eigenvalue weighted by Gasteiger charge is -2.09. The van der Waals surface area contributed by atoms with E-state index in [1.165, 1.54) is 0 Å². The summed E-state index contributed by atoms with van der Waals surface area (Å²) < 4.78 is 0. The first-order valence-corrected chi connectivity index (χ1v) is 11.9. The van der Waals surface area contributed by atoms with Gasteiger partial charge in [-0.2, -0.15) is 0 Å². The number of anilines is 1. The molecule has 0 bridgehead atoms. The molecule has 0 aliphatic rings. The summed E-state index contributed by atoms with van der Waals surface area (Å²) in [6.45, 7) is 4.07. The van der Waals surface area contributed by atoms with Gasteiger partial charge in [-0.05, 0) is 85.8 Å². The van der Waals surface area contributed by atoms with Crippen molar-refractivity contribution in [2.45, 2.75) is 33.1 Å². The molecule has 34 heavy (non-hydrogen) atoms. The van der Waals surface area contributed by atoms with E-state index in [0.29, 0.717) is 11.4 Å². The third-order valence-electron chi connectivity index (χ3n) is 6.06. The second-order valence-corrected chi connectivity index (χ2v) is 9.27. The van der Waals surface area contributed by atoms with Crippen molar-refractivity contribution in [1.29, 1.82) is 0 Å². The van der Waals surface area contributed by atoms with Crippen LogP contribution >= 0.6 is 11.6 Å². The molecule has 0 atom stereocenters. The molecule has 0 fully saturated rings. The number of aromatic nitrogens is 2. The van der Waals surface area contributed by atoms with Crippen LogP contribution in [-0.4, -0.2) is 15.9 Å². The molecular formula is C29H26ClN3O. The van der Waals surface area contributed by atoms with Crippen molar-refractivity contribution < 1.29 is 4.79 Å². The van der Waals surface area contributed by atoms with Gasteiger partial charge in [0.25, 0.3) is 0 Å². The van der Waals surface area contributed by atoms with Crippen molar-refractivity contribution in [3.8, 4) is 11.4 Å². The Morgan fingerprint density at radius 2 is 1.76 bits per heavy atom. The first-order chi connectivity index (χ1) is 16.5. The number of carbonyl (C=O) groups excluding carboxylic acids is 1. The SMILES string of the molecule is Cc1cc(C)cc(NC(=O)CCCc2c(-c3ccc4ccccc4n3)[nH]c3ccc(Cl)cc23)c1. The largest absolute Gasteiger partial charge is 0.353 e. The first-order valence-electron chi connectivity index (χ1n) is 11.5. The Kier molecular flexibility index (Phi) is 6.08. The number of halogens is 1. The molecule has 0 radical (unpaired) electrons. The number of para-hydroxylation sites is 1. The van der Waals surface area contributed by atoms with E-state index in [1.807, 2.05) is 68.4 Å². The summed E-state index contributed by atoms with van der Waals surface area (Å²) in [6, 6.07) is 24.2. The summed E-state index contributed by atoms with van der Waals surface area (Å²) >= 11 is 6.33. The maximum absolute atomic E-state index is 12.6. The average molecular weight is 468 g/mol. The summed E-state index contributed by atoms with van der Waals surface area (Å²) in [5.41, 5.74) is 8.11.